The largest absolute Gasteiger partial charge is 0.325 e. The van der Waals surface area contributed by atoms with Gasteiger partial charge in [0.15, 0.2) is 17.5 Å². The Balaban J connectivity index is 1.77. The number of aromatic nitrogens is 2. The van der Waals surface area contributed by atoms with Crippen LogP contribution in [0.4, 0.5) is 26.0 Å². The van der Waals surface area contributed by atoms with Gasteiger partial charge in [-0.1, -0.05) is 12.1 Å². The summed E-state index contributed by atoms with van der Waals surface area (Å²) in [4.78, 5) is 22.7. The van der Waals surface area contributed by atoms with Crippen LogP contribution in [-0.4, -0.2) is 22.4 Å². The lowest BCUT2D eigenvalue weighted by molar-refractivity contribution is 0.102. The van der Waals surface area contributed by atoms with Crippen LogP contribution in [0.25, 0.3) is 0 Å². The number of rotatable bonds is 5. The van der Waals surface area contributed by atoms with E-state index in [2.05, 4.69) is 15.3 Å². The summed E-state index contributed by atoms with van der Waals surface area (Å²) >= 11 is 0. The second-order valence-corrected chi connectivity index (χ2v) is 5.93. The summed E-state index contributed by atoms with van der Waals surface area (Å²) in [5, 5.41) is 2.47. The van der Waals surface area contributed by atoms with E-state index in [0.29, 0.717) is 12.4 Å². The molecule has 0 aliphatic heterocycles. The predicted octanol–water partition coefficient (Wildman–Crippen LogP) is 4.47. The summed E-state index contributed by atoms with van der Waals surface area (Å²) in [5.41, 5.74) is 2.32. The van der Waals surface area contributed by atoms with Crippen molar-refractivity contribution < 1.29 is 13.6 Å². The van der Waals surface area contributed by atoms with Crippen molar-refractivity contribution in [1.82, 2.24) is 9.97 Å². The molecular weight excluding hydrogens is 350 g/mol. The van der Waals surface area contributed by atoms with Gasteiger partial charge in [0.05, 0.1) is 12.4 Å². The Hall–Kier alpha value is -3.35. The Morgan fingerprint density at radius 3 is 2.52 bits per heavy atom. The van der Waals surface area contributed by atoms with Crippen LogP contribution in [0, 0.1) is 18.6 Å². The highest BCUT2D eigenvalue weighted by molar-refractivity contribution is 6.02. The fourth-order valence-corrected chi connectivity index (χ4v) is 2.62. The van der Waals surface area contributed by atoms with Crippen molar-refractivity contribution in [1.29, 1.82) is 0 Å². The van der Waals surface area contributed by atoms with Gasteiger partial charge in [-0.25, -0.2) is 18.7 Å². The van der Waals surface area contributed by atoms with Crippen molar-refractivity contribution in [3.05, 3.63) is 77.8 Å². The smallest absolute Gasteiger partial charge is 0.275 e. The molecule has 0 spiro atoms. The van der Waals surface area contributed by atoms with Gasteiger partial charge in [-0.05, 0) is 43.7 Å². The van der Waals surface area contributed by atoms with Gasteiger partial charge in [-0.15, -0.1) is 0 Å². The summed E-state index contributed by atoms with van der Waals surface area (Å²) in [7, 11) is 0. The number of carbonyl (C=O) groups excluding carboxylic acids is 1. The third-order valence-corrected chi connectivity index (χ3v) is 3.95. The van der Waals surface area contributed by atoms with E-state index in [0.717, 1.165) is 23.4 Å². The zero-order valence-electron chi connectivity index (χ0n) is 14.9. The maximum Gasteiger partial charge on any atom is 0.275 e. The summed E-state index contributed by atoms with van der Waals surface area (Å²) in [5.74, 6) is -1.97. The summed E-state index contributed by atoms with van der Waals surface area (Å²) in [6.07, 6.45) is 2.86. The van der Waals surface area contributed by atoms with Gasteiger partial charge < -0.3 is 10.2 Å². The van der Waals surface area contributed by atoms with Crippen molar-refractivity contribution in [2.75, 3.05) is 16.8 Å². The van der Waals surface area contributed by atoms with Gasteiger partial charge in [0.1, 0.15) is 5.69 Å². The molecule has 7 heteroatoms. The number of hydrogen-bond donors (Lipinski definition) is 1. The van der Waals surface area contributed by atoms with E-state index in [1.165, 1.54) is 18.5 Å². The average molecular weight is 368 g/mol. The minimum Gasteiger partial charge on any atom is -0.325 e. The number of hydrogen-bond acceptors (Lipinski definition) is 4. The van der Waals surface area contributed by atoms with E-state index >= 15 is 0 Å². The highest BCUT2D eigenvalue weighted by Gasteiger charge is 2.13. The third-order valence-electron chi connectivity index (χ3n) is 3.95. The Kier molecular flexibility index (Phi) is 5.40. The SMILES string of the molecule is CCN(c1cccc(C)c1)c1cnc(C(=O)Nc2ccc(F)c(F)c2)cn1. The maximum absolute atomic E-state index is 13.2. The monoisotopic (exact) mass is 368 g/mol. The minimum atomic E-state index is -1.04. The third kappa shape index (κ3) is 4.25. The van der Waals surface area contributed by atoms with Gasteiger partial charge in [0.2, 0.25) is 0 Å². The molecule has 0 aliphatic carbocycles. The number of carbonyl (C=O) groups is 1. The topological polar surface area (TPSA) is 58.1 Å². The Bertz CT molecular complexity index is 960. The molecule has 0 saturated carbocycles. The summed E-state index contributed by atoms with van der Waals surface area (Å²) < 4.78 is 26.2. The lowest BCUT2D eigenvalue weighted by atomic mass is 10.2. The molecule has 0 saturated heterocycles. The first kappa shape index (κ1) is 18.4. The molecule has 3 rings (SSSR count). The number of benzene rings is 2. The molecule has 0 bridgehead atoms. The molecular formula is C20H18F2N4O. The van der Waals surface area contributed by atoms with Crippen molar-refractivity contribution in [3.8, 4) is 0 Å². The Morgan fingerprint density at radius 1 is 1.07 bits per heavy atom. The molecule has 1 amide bonds. The number of halogens is 2. The second kappa shape index (κ2) is 7.90. The molecule has 1 heterocycles. The summed E-state index contributed by atoms with van der Waals surface area (Å²) in [6, 6.07) is 11.1. The molecule has 0 unspecified atom stereocenters. The fraction of sp³-hybridized carbons (Fsp3) is 0.150. The van der Waals surface area contributed by atoms with Gasteiger partial charge in [0.25, 0.3) is 5.91 Å². The highest BCUT2D eigenvalue weighted by atomic mass is 19.2. The molecule has 138 valence electrons. The first-order valence-corrected chi connectivity index (χ1v) is 8.40. The normalized spacial score (nSPS) is 10.5. The fourth-order valence-electron chi connectivity index (χ4n) is 2.62. The molecule has 1 N–H and O–H groups in total. The van der Waals surface area contributed by atoms with Gasteiger partial charge >= 0.3 is 0 Å². The van der Waals surface area contributed by atoms with Gasteiger partial charge in [0, 0.05) is 24.0 Å². The second-order valence-electron chi connectivity index (χ2n) is 5.93. The van der Waals surface area contributed by atoms with Crippen LogP contribution in [0.3, 0.4) is 0 Å². The standard InChI is InChI=1S/C20H18F2N4O/c1-3-26(15-6-4-5-13(2)9-15)19-12-23-18(11-24-19)20(27)25-14-7-8-16(21)17(22)10-14/h4-12H,3H2,1-2H3,(H,25,27). The number of aryl methyl sites for hydroxylation is 1. The average Bonchev–Trinajstić information content (AvgIpc) is 2.66. The van der Waals surface area contributed by atoms with Crippen LogP contribution in [0.1, 0.15) is 23.0 Å². The van der Waals surface area contributed by atoms with Gasteiger partial charge in [-0.2, -0.15) is 0 Å². The lowest BCUT2D eigenvalue weighted by Crippen LogP contribution is -2.19. The maximum atomic E-state index is 13.2. The number of amides is 1. The molecule has 27 heavy (non-hydrogen) atoms. The van der Waals surface area contributed by atoms with E-state index in [1.807, 2.05) is 43.0 Å². The molecule has 1 aromatic heterocycles. The van der Waals surface area contributed by atoms with E-state index in [1.54, 1.807) is 0 Å². The van der Waals surface area contributed by atoms with Crippen LogP contribution in [0.5, 0.6) is 0 Å². The molecule has 3 aromatic rings. The lowest BCUT2D eigenvalue weighted by Gasteiger charge is -2.22. The Labute approximate surface area is 155 Å². The van der Waals surface area contributed by atoms with Crippen LogP contribution in [-0.2, 0) is 0 Å². The zero-order valence-corrected chi connectivity index (χ0v) is 14.9. The number of anilines is 3. The number of nitrogens with one attached hydrogen (secondary N) is 1. The van der Waals surface area contributed by atoms with E-state index < -0.39 is 17.5 Å². The highest BCUT2D eigenvalue weighted by Crippen LogP contribution is 2.23. The minimum absolute atomic E-state index is 0.0729. The molecule has 0 fully saturated rings. The molecule has 0 atom stereocenters. The van der Waals surface area contributed by atoms with Crippen LogP contribution < -0.4 is 10.2 Å². The van der Waals surface area contributed by atoms with Crippen molar-refractivity contribution in [2.24, 2.45) is 0 Å². The van der Waals surface area contributed by atoms with Gasteiger partial charge in [-0.3, -0.25) is 4.79 Å². The van der Waals surface area contributed by atoms with Crippen molar-refractivity contribution in [3.63, 3.8) is 0 Å². The molecule has 0 aliphatic rings. The molecule has 0 radical (unpaired) electrons. The summed E-state index contributed by atoms with van der Waals surface area (Å²) in [6.45, 7) is 4.68. The van der Waals surface area contributed by atoms with E-state index in [4.69, 9.17) is 0 Å². The van der Waals surface area contributed by atoms with Crippen LogP contribution in [0.2, 0.25) is 0 Å². The molecule has 2 aromatic carbocycles. The quantitative estimate of drug-likeness (QED) is 0.722. The first-order valence-electron chi connectivity index (χ1n) is 8.40. The van der Waals surface area contributed by atoms with E-state index in [-0.39, 0.29) is 11.4 Å². The predicted molar refractivity (Wildman–Crippen MR) is 100 cm³/mol. The van der Waals surface area contributed by atoms with E-state index in [9.17, 15) is 13.6 Å². The Morgan fingerprint density at radius 2 is 1.89 bits per heavy atom. The van der Waals surface area contributed by atoms with Crippen LogP contribution in [0.15, 0.2) is 54.9 Å². The molecule has 5 nitrogen and oxygen atoms in total. The van der Waals surface area contributed by atoms with Crippen molar-refractivity contribution >= 4 is 23.1 Å². The number of nitrogens with zero attached hydrogens (tertiary/aromatic N) is 3. The van der Waals surface area contributed by atoms with Crippen LogP contribution >= 0.6 is 0 Å². The first-order chi connectivity index (χ1) is 13.0. The zero-order chi connectivity index (χ0) is 19.4. The van der Waals surface area contributed by atoms with Crippen molar-refractivity contribution in [2.45, 2.75) is 13.8 Å².